The number of piperazine rings is 1. The third-order valence-electron chi connectivity index (χ3n) is 4.60. The van der Waals surface area contributed by atoms with Gasteiger partial charge in [0.05, 0.1) is 0 Å². The zero-order valence-corrected chi connectivity index (χ0v) is 13.8. The molecule has 2 aromatic rings. The normalized spacial score (nSPS) is 19.2. The van der Waals surface area contributed by atoms with Crippen LogP contribution >= 0.6 is 0 Å². The lowest BCUT2D eigenvalue weighted by atomic mass is 10.1. The number of hydrogen-bond acceptors (Lipinski definition) is 4. The van der Waals surface area contributed by atoms with Gasteiger partial charge in [0, 0.05) is 24.3 Å². The Morgan fingerprint density at radius 2 is 1.80 bits per heavy atom. The van der Waals surface area contributed by atoms with Crippen LogP contribution in [0.5, 0.6) is 11.5 Å². The van der Waals surface area contributed by atoms with Gasteiger partial charge in [0.1, 0.15) is 6.04 Å². The molecule has 1 saturated heterocycles. The predicted molar refractivity (Wildman–Crippen MR) is 91.9 cm³/mol. The van der Waals surface area contributed by atoms with E-state index in [0.717, 1.165) is 5.69 Å². The van der Waals surface area contributed by atoms with E-state index >= 15 is 0 Å². The average Bonchev–Trinajstić information content (AvgIpc) is 3.12. The van der Waals surface area contributed by atoms with Gasteiger partial charge < -0.3 is 19.3 Å². The first-order valence-electron chi connectivity index (χ1n) is 8.22. The van der Waals surface area contributed by atoms with Gasteiger partial charge in [-0.1, -0.05) is 18.2 Å². The Labute approximate surface area is 145 Å². The molecule has 0 N–H and O–H groups in total. The minimum Gasteiger partial charge on any atom is -0.454 e. The number of amides is 2. The number of nitrogens with zero attached hydrogens (tertiary/aromatic N) is 2. The fourth-order valence-corrected chi connectivity index (χ4v) is 3.21. The first kappa shape index (κ1) is 15.5. The molecule has 1 atom stereocenters. The third-order valence-corrected chi connectivity index (χ3v) is 4.60. The summed E-state index contributed by atoms with van der Waals surface area (Å²) in [5.41, 5.74) is 1.35. The largest absolute Gasteiger partial charge is 0.454 e. The summed E-state index contributed by atoms with van der Waals surface area (Å²) in [5, 5.41) is 0. The van der Waals surface area contributed by atoms with Crippen LogP contribution in [0.2, 0.25) is 0 Å². The highest BCUT2D eigenvalue weighted by atomic mass is 16.7. The van der Waals surface area contributed by atoms with E-state index in [4.69, 9.17) is 9.47 Å². The molecular weight excluding hydrogens is 320 g/mol. The molecule has 1 unspecified atom stereocenters. The van der Waals surface area contributed by atoms with Crippen molar-refractivity contribution in [2.24, 2.45) is 0 Å². The minimum absolute atomic E-state index is 0.0773. The van der Waals surface area contributed by atoms with Crippen molar-refractivity contribution in [1.29, 1.82) is 0 Å². The van der Waals surface area contributed by atoms with Crippen molar-refractivity contribution < 1.29 is 19.1 Å². The molecule has 0 radical (unpaired) electrons. The summed E-state index contributed by atoms with van der Waals surface area (Å²) in [4.78, 5) is 28.9. The maximum atomic E-state index is 12.9. The molecule has 4 rings (SSSR count). The SMILES string of the molecule is CC1C(=O)N(c2ccccc2)CCN1C(=O)c1ccc2c(c1)OCO2. The van der Waals surface area contributed by atoms with Crippen molar-refractivity contribution in [3.8, 4) is 11.5 Å². The summed E-state index contributed by atoms with van der Waals surface area (Å²) in [5.74, 6) is 0.945. The molecule has 128 valence electrons. The Morgan fingerprint density at radius 3 is 2.60 bits per heavy atom. The molecule has 0 spiro atoms. The Kier molecular flexibility index (Phi) is 3.80. The highest BCUT2D eigenvalue weighted by molar-refractivity contribution is 6.03. The first-order chi connectivity index (χ1) is 12.1. The van der Waals surface area contributed by atoms with E-state index in [0.29, 0.717) is 30.2 Å². The molecule has 0 saturated carbocycles. The second kappa shape index (κ2) is 6.12. The lowest BCUT2D eigenvalue weighted by Gasteiger charge is -2.39. The van der Waals surface area contributed by atoms with Crippen LogP contribution in [0.1, 0.15) is 17.3 Å². The van der Waals surface area contributed by atoms with E-state index in [9.17, 15) is 9.59 Å². The predicted octanol–water partition coefficient (Wildman–Crippen LogP) is 2.29. The van der Waals surface area contributed by atoms with E-state index in [1.807, 2.05) is 30.3 Å². The quantitative estimate of drug-likeness (QED) is 0.843. The van der Waals surface area contributed by atoms with Crippen LogP contribution in [0.25, 0.3) is 0 Å². The lowest BCUT2D eigenvalue weighted by Crippen LogP contribution is -2.57. The van der Waals surface area contributed by atoms with Crippen LogP contribution in [0.4, 0.5) is 5.69 Å². The van der Waals surface area contributed by atoms with Crippen LogP contribution in [0.3, 0.4) is 0 Å². The second-order valence-corrected chi connectivity index (χ2v) is 6.07. The van der Waals surface area contributed by atoms with Gasteiger partial charge in [-0.3, -0.25) is 9.59 Å². The first-order valence-corrected chi connectivity index (χ1v) is 8.22. The molecule has 6 nitrogen and oxygen atoms in total. The minimum atomic E-state index is -0.521. The molecule has 2 aromatic carbocycles. The van der Waals surface area contributed by atoms with Crippen LogP contribution < -0.4 is 14.4 Å². The van der Waals surface area contributed by atoms with Crippen molar-refractivity contribution >= 4 is 17.5 Å². The molecule has 2 amide bonds. The summed E-state index contributed by atoms with van der Waals surface area (Å²) in [6.45, 7) is 2.89. The molecule has 2 heterocycles. The monoisotopic (exact) mass is 338 g/mol. The van der Waals surface area contributed by atoms with Crippen LogP contribution in [-0.4, -0.2) is 42.6 Å². The van der Waals surface area contributed by atoms with E-state index in [1.54, 1.807) is 34.9 Å². The molecule has 6 heteroatoms. The number of carbonyl (C=O) groups is 2. The van der Waals surface area contributed by atoms with E-state index < -0.39 is 6.04 Å². The second-order valence-electron chi connectivity index (χ2n) is 6.07. The molecule has 0 aromatic heterocycles. The highest BCUT2D eigenvalue weighted by Crippen LogP contribution is 2.33. The molecule has 2 aliphatic rings. The number of rotatable bonds is 2. The van der Waals surface area contributed by atoms with E-state index in [-0.39, 0.29) is 18.6 Å². The Hall–Kier alpha value is -3.02. The summed E-state index contributed by atoms with van der Waals surface area (Å²) in [6, 6.07) is 14.1. The number of anilines is 1. The van der Waals surface area contributed by atoms with Crippen LogP contribution in [0.15, 0.2) is 48.5 Å². The van der Waals surface area contributed by atoms with Crippen LogP contribution in [-0.2, 0) is 4.79 Å². The fourth-order valence-electron chi connectivity index (χ4n) is 3.21. The van der Waals surface area contributed by atoms with Crippen molar-refractivity contribution in [2.45, 2.75) is 13.0 Å². The molecule has 0 aliphatic carbocycles. The molecular formula is C19H18N2O4. The summed E-state index contributed by atoms with van der Waals surface area (Å²) in [6.07, 6.45) is 0. The Bertz CT molecular complexity index is 821. The van der Waals surface area contributed by atoms with Gasteiger partial charge >= 0.3 is 0 Å². The van der Waals surface area contributed by atoms with Gasteiger partial charge in [-0.15, -0.1) is 0 Å². The molecule has 25 heavy (non-hydrogen) atoms. The highest BCUT2D eigenvalue weighted by Gasteiger charge is 2.35. The van der Waals surface area contributed by atoms with Gasteiger partial charge in [0.2, 0.25) is 12.7 Å². The summed E-state index contributed by atoms with van der Waals surface area (Å²) in [7, 11) is 0. The smallest absolute Gasteiger partial charge is 0.254 e. The fraction of sp³-hybridized carbons (Fsp3) is 0.263. The summed E-state index contributed by atoms with van der Waals surface area (Å²) >= 11 is 0. The number of para-hydroxylation sites is 1. The lowest BCUT2D eigenvalue weighted by molar-refractivity contribution is -0.124. The maximum absolute atomic E-state index is 12.9. The molecule has 1 fully saturated rings. The number of ether oxygens (including phenoxy) is 2. The molecule has 0 bridgehead atoms. The number of carbonyl (C=O) groups excluding carboxylic acids is 2. The summed E-state index contributed by atoms with van der Waals surface area (Å²) < 4.78 is 10.6. The van der Waals surface area contributed by atoms with Crippen molar-refractivity contribution in [2.75, 3.05) is 24.8 Å². The standard InChI is InChI=1S/C19H18N2O4/c1-13-18(22)21(15-5-3-2-4-6-15)10-9-20(13)19(23)14-7-8-16-17(11-14)25-12-24-16/h2-8,11,13H,9-10,12H2,1H3. The van der Waals surface area contributed by atoms with Gasteiger partial charge in [0.25, 0.3) is 5.91 Å². The zero-order chi connectivity index (χ0) is 17.4. The topological polar surface area (TPSA) is 59.1 Å². The molecule has 2 aliphatic heterocycles. The number of benzene rings is 2. The Balaban J connectivity index is 1.54. The van der Waals surface area contributed by atoms with Gasteiger partial charge in [0.15, 0.2) is 11.5 Å². The van der Waals surface area contributed by atoms with Gasteiger partial charge in [-0.2, -0.15) is 0 Å². The maximum Gasteiger partial charge on any atom is 0.254 e. The van der Waals surface area contributed by atoms with Crippen molar-refractivity contribution in [3.63, 3.8) is 0 Å². The van der Waals surface area contributed by atoms with E-state index in [2.05, 4.69) is 0 Å². The number of fused-ring (bicyclic) bond motifs is 1. The van der Waals surface area contributed by atoms with Crippen LogP contribution in [0, 0.1) is 0 Å². The van der Waals surface area contributed by atoms with Gasteiger partial charge in [-0.25, -0.2) is 0 Å². The Morgan fingerprint density at radius 1 is 1.04 bits per heavy atom. The third kappa shape index (κ3) is 2.69. The number of hydrogen-bond donors (Lipinski definition) is 0. The van der Waals surface area contributed by atoms with Crippen molar-refractivity contribution in [3.05, 3.63) is 54.1 Å². The average molecular weight is 338 g/mol. The van der Waals surface area contributed by atoms with Gasteiger partial charge in [-0.05, 0) is 37.3 Å². The van der Waals surface area contributed by atoms with Crippen molar-refractivity contribution in [1.82, 2.24) is 4.90 Å². The van der Waals surface area contributed by atoms with E-state index in [1.165, 1.54) is 0 Å². The zero-order valence-electron chi connectivity index (χ0n) is 13.8.